The van der Waals surface area contributed by atoms with Gasteiger partial charge in [-0.25, -0.2) is 8.42 Å². The first-order chi connectivity index (χ1) is 9.76. The summed E-state index contributed by atoms with van der Waals surface area (Å²) in [6.45, 7) is 7.96. The number of nitrogens with zero attached hydrogens (tertiary/aromatic N) is 2. The highest BCUT2D eigenvalue weighted by Gasteiger charge is 2.22. The van der Waals surface area contributed by atoms with Crippen LogP contribution < -0.4 is 10.5 Å². The summed E-state index contributed by atoms with van der Waals surface area (Å²) in [5.74, 6) is 0. The Morgan fingerprint density at radius 1 is 1.29 bits per heavy atom. The van der Waals surface area contributed by atoms with Crippen molar-refractivity contribution in [2.75, 3.05) is 10.5 Å². The van der Waals surface area contributed by atoms with E-state index < -0.39 is 10.0 Å². The van der Waals surface area contributed by atoms with E-state index in [9.17, 15) is 8.42 Å². The van der Waals surface area contributed by atoms with Gasteiger partial charge in [-0.2, -0.15) is 5.10 Å². The summed E-state index contributed by atoms with van der Waals surface area (Å²) in [5, 5.41) is 4.05. The van der Waals surface area contributed by atoms with Crippen LogP contribution in [-0.2, 0) is 16.6 Å². The first kappa shape index (κ1) is 15.4. The Balaban J connectivity index is 2.47. The van der Waals surface area contributed by atoms with Gasteiger partial charge in [0.2, 0.25) is 0 Å². The van der Waals surface area contributed by atoms with Crippen LogP contribution >= 0.6 is 0 Å². The molecule has 114 valence electrons. The van der Waals surface area contributed by atoms with Crippen molar-refractivity contribution in [1.82, 2.24) is 9.78 Å². The molecule has 0 aliphatic heterocycles. The van der Waals surface area contributed by atoms with E-state index in [0.717, 1.165) is 5.56 Å². The minimum atomic E-state index is -3.69. The maximum Gasteiger partial charge on any atom is 0.262 e. The van der Waals surface area contributed by atoms with Crippen molar-refractivity contribution in [3.05, 3.63) is 35.2 Å². The van der Waals surface area contributed by atoms with Crippen molar-refractivity contribution in [2.24, 2.45) is 0 Å². The van der Waals surface area contributed by atoms with Crippen molar-refractivity contribution >= 4 is 21.4 Å². The Morgan fingerprint density at radius 3 is 2.52 bits per heavy atom. The number of rotatable bonds is 4. The summed E-state index contributed by atoms with van der Waals surface area (Å²) in [5.41, 5.74) is 9.03. The van der Waals surface area contributed by atoms with Crippen LogP contribution in [0.3, 0.4) is 0 Å². The van der Waals surface area contributed by atoms with Crippen LogP contribution in [0.25, 0.3) is 0 Å². The number of sulfonamides is 1. The van der Waals surface area contributed by atoms with E-state index in [2.05, 4.69) is 9.82 Å². The molecule has 0 saturated heterocycles. The summed E-state index contributed by atoms with van der Waals surface area (Å²) >= 11 is 0. The molecule has 0 fully saturated rings. The fraction of sp³-hybridized carbons (Fsp3) is 0.357. The molecule has 21 heavy (non-hydrogen) atoms. The summed E-state index contributed by atoms with van der Waals surface area (Å²) < 4.78 is 29.4. The molecule has 0 aliphatic rings. The second kappa shape index (κ2) is 5.40. The quantitative estimate of drug-likeness (QED) is 0.847. The standard InChI is InChI=1S/C14H20N4O2S/c1-5-18-8-12(7-16-18)17-21(19,20)14-10(3)6-9(2)13(15)11(14)4/h6-8,17H,5,15H2,1-4H3. The fourth-order valence-electron chi connectivity index (χ4n) is 2.39. The lowest BCUT2D eigenvalue weighted by atomic mass is 10.1. The molecular formula is C14H20N4O2S. The summed E-state index contributed by atoms with van der Waals surface area (Å²) in [6, 6.07) is 1.78. The van der Waals surface area contributed by atoms with Gasteiger partial charge in [0.05, 0.1) is 16.8 Å². The van der Waals surface area contributed by atoms with E-state index in [-0.39, 0.29) is 4.90 Å². The van der Waals surface area contributed by atoms with Gasteiger partial charge >= 0.3 is 0 Å². The van der Waals surface area contributed by atoms with Crippen molar-refractivity contribution in [3.8, 4) is 0 Å². The van der Waals surface area contributed by atoms with Gasteiger partial charge in [-0.15, -0.1) is 0 Å². The number of aryl methyl sites for hydroxylation is 3. The molecule has 0 atom stereocenters. The first-order valence-electron chi connectivity index (χ1n) is 6.67. The van der Waals surface area contributed by atoms with Crippen molar-refractivity contribution in [3.63, 3.8) is 0 Å². The van der Waals surface area contributed by atoms with Crippen LogP contribution in [0.1, 0.15) is 23.6 Å². The molecule has 0 amide bonds. The topological polar surface area (TPSA) is 90.0 Å². The number of anilines is 2. The smallest absolute Gasteiger partial charge is 0.262 e. The molecule has 0 unspecified atom stereocenters. The van der Waals surface area contributed by atoms with E-state index in [1.54, 1.807) is 30.8 Å². The van der Waals surface area contributed by atoms with Crippen molar-refractivity contribution in [1.29, 1.82) is 0 Å². The van der Waals surface area contributed by atoms with Gasteiger partial charge in [-0.1, -0.05) is 6.07 Å². The lowest BCUT2D eigenvalue weighted by Crippen LogP contribution is -2.16. The summed E-state index contributed by atoms with van der Waals surface area (Å²) in [7, 11) is -3.69. The molecule has 0 radical (unpaired) electrons. The van der Waals surface area contributed by atoms with Crippen molar-refractivity contribution in [2.45, 2.75) is 39.1 Å². The van der Waals surface area contributed by atoms with Gasteiger partial charge in [0.25, 0.3) is 10.0 Å². The Labute approximate surface area is 125 Å². The maximum absolute atomic E-state index is 12.6. The van der Waals surface area contributed by atoms with E-state index in [0.29, 0.717) is 29.0 Å². The molecule has 1 aromatic heterocycles. The molecule has 2 aromatic rings. The number of hydrogen-bond acceptors (Lipinski definition) is 4. The Kier molecular flexibility index (Phi) is 3.95. The van der Waals surface area contributed by atoms with E-state index in [1.807, 2.05) is 13.8 Å². The Hall–Kier alpha value is -2.02. The second-order valence-electron chi connectivity index (χ2n) is 5.07. The maximum atomic E-state index is 12.6. The third kappa shape index (κ3) is 2.87. The minimum Gasteiger partial charge on any atom is -0.398 e. The highest BCUT2D eigenvalue weighted by Crippen LogP contribution is 2.29. The van der Waals surface area contributed by atoms with E-state index in [4.69, 9.17) is 5.73 Å². The predicted octanol–water partition coefficient (Wildman–Crippen LogP) is 2.21. The number of benzene rings is 1. The fourth-order valence-corrected chi connectivity index (χ4v) is 3.90. The molecule has 0 aliphatic carbocycles. The number of aromatic nitrogens is 2. The molecule has 7 heteroatoms. The zero-order valence-electron chi connectivity index (χ0n) is 12.6. The number of nitrogens with two attached hydrogens (primary N) is 1. The van der Waals surface area contributed by atoms with E-state index in [1.165, 1.54) is 6.20 Å². The van der Waals surface area contributed by atoms with Crippen LogP contribution in [0.4, 0.5) is 11.4 Å². The molecule has 0 spiro atoms. The molecule has 1 heterocycles. The van der Waals surface area contributed by atoms with Crippen LogP contribution in [-0.4, -0.2) is 18.2 Å². The van der Waals surface area contributed by atoms with Gasteiger partial charge < -0.3 is 5.73 Å². The number of nitrogens with one attached hydrogen (secondary N) is 1. The molecule has 6 nitrogen and oxygen atoms in total. The highest BCUT2D eigenvalue weighted by molar-refractivity contribution is 7.92. The molecule has 3 N–H and O–H groups in total. The van der Waals surface area contributed by atoms with Gasteiger partial charge in [0, 0.05) is 18.4 Å². The van der Waals surface area contributed by atoms with Crippen LogP contribution in [0.15, 0.2) is 23.4 Å². The van der Waals surface area contributed by atoms with Crippen LogP contribution in [0, 0.1) is 20.8 Å². The Morgan fingerprint density at radius 2 is 1.95 bits per heavy atom. The summed E-state index contributed by atoms with van der Waals surface area (Å²) in [4.78, 5) is 0.231. The molecule has 0 bridgehead atoms. The summed E-state index contributed by atoms with van der Waals surface area (Å²) in [6.07, 6.45) is 3.14. The first-order valence-corrected chi connectivity index (χ1v) is 8.16. The third-order valence-corrected chi connectivity index (χ3v) is 5.11. The predicted molar refractivity (Wildman–Crippen MR) is 83.8 cm³/mol. The average molecular weight is 308 g/mol. The van der Waals surface area contributed by atoms with Gasteiger partial charge in [-0.3, -0.25) is 9.40 Å². The molecule has 2 rings (SSSR count). The van der Waals surface area contributed by atoms with Crippen LogP contribution in [0.2, 0.25) is 0 Å². The van der Waals surface area contributed by atoms with Gasteiger partial charge in [-0.05, 0) is 44.4 Å². The molecular weight excluding hydrogens is 288 g/mol. The third-order valence-electron chi connectivity index (χ3n) is 3.44. The number of nitrogen functional groups attached to an aromatic ring is 1. The van der Waals surface area contributed by atoms with Crippen molar-refractivity contribution < 1.29 is 8.42 Å². The zero-order valence-corrected chi connectivity index (χ0v) is 13.5. The lowest BCUT2D eigenvalue weighted by molar-refractivity contribution is 0.600. The largest absolute Gasteiger partial charge is 0.398 e. The monoisotopic (exact) mass is 308 g/mol. The number of hydrogen-bond donors (Lipinski definition) is 2. The Bertz CT molecular complexity index is 779. The normalized spacial score (nSPS) is 11.6. The second-order valence-corrected chi connectivity index (χ2v) is 6.69. The SMILES string of the molecule is CCn1cc(NS(=O)(=O)c2c(C)cc(C)c(N)c2C)cn1. The lowest BCUT2D eigenvalue weighted by Gasteiger charge is -2.15. The molecule has 1 aromatic carbocycles. The molecule has 0 saturated carbocycles. The zero-order chi connectivity index (χ0) is 15.8. The highest BCUT2D eigenvalue weighted by atomic mass is 32.2. The van der Waals surface area contributed by atoms with Gasteiger partial charge in [0.15, 0.2) is 0 Å². The van der Waals surface area contributed by atoms with Gasteiger partial charge in [0.1, 0.15) is 0 Å². The average Bonchev–Trinajstić information content (AvgIpc) is 2.82. The minimum absolute atomic E-state index is 0.231. The van der Waals surface area contributed by atoms with Crippen LogP contribution in [0.5, 0.6) is 0 Å². The van der Waals surface area contributed by atoms with E-state index >= 15 is 0 Å².